The van der Waals surface area contributed by atoms with Crippen molar-refractivity contribution in [3.8, 4) is 0 Å². The molecule has 6 heteroatoms. The fourth-order valence-electron chi connectivity index (χ4n) is 3.05. The molecule has 0 bridgehead atoms. The molecule has 2 aromatic heterocycles. The molecule has 150 valence electrons. The molecule has 30 heavy (non-hydrogen) atoms. The standard InChI is InChI=1S/C24H20N2O3S/c27-23(18-6-2-1-3-7-18)25-20-12-10-19(11-13-20)24(28)26(16-21-8-4-14-29-21)17-22-9-5-15-30-22/h1-15H,16-17H2,(H,25,27). The Bertz CT molecular complexity index is 1050. The van der Waals surface area contributed by atoms with E-state index in [4.69, 9.17) is 4.42 Å². The van der Waals surface area contributed by atoms with Gasteiger partial charge in [-0.25, -0.2) is 0 Å². The predicted octanol–water partition coefficient (Wildman–Crippen LogP) is 5.44. The number of furan rings is 1. The molecule has 0 saturated carbocycles. The van der Waals surface area contributed by atoms with E-state index in [1.54, 1.807) is 58.9 Å². The summed E-state index contributed by atoms with van der Waals surface area (Å²) >= 11 is 1.61. The second-order valence-electron chi connectivity index (χ2n) is 6.72. The summed E-state index contributed by atoms with van der Waals surface area (Å²) in [4.78, 5) is 28.3. The largest absolute Gasteiger partial charge is 0.467 e. The van der Waals surface area contributed by atoms with E-state index < -0.39 is 0 Å². The minimum Gasteiger partial charge on any atom is -0.467 e. The van der Waals surface area contributed by atoms with Crippen LogP contribution in [-0.2, 0) is 13.1 Å². The van der Waals surface area contributed by atoms with Crippen LogP contribution in [0, 0.1) is 0 Å². The highest BCUT2D eigenvalue weighted by Crippen LogP contribution is 2.19. The highest BCUT2D eigenvalue weighted by Gasteiger charge is 2.18. The zero-order valence-electron chi connectivity index (χ0n) is 16.2. The Morgan fingerprint density at radius 1 is 0.833 bits per heavy atom. The van der Waals surface area contributed by atoms with E-state index in [0.717, 1.165) is 10.6 Å². The van der Waals surface area contributed by atoms with Gasteiger partial charge in [0.25, 0.3) is 11.8 Å². The van der Waals surface area contributed by atoms with Crippen molar-refractivity contribution in [3.63, 3.8) is 0 Å². The van der Waals surface area contributed by atoms with Gasteiger partial charge in [-0.3, -0.25) is 9.59 Å². The summed E-state index contributed by atoms with van der Waals surface area (Å²) in [5.41, 5.74) is 1.77. The Morgan fingerprint density at radius 2 is 1.63 bits per heavy atom. The van der Waals surface area contributed by atoms with Crippen LogP contribution in [0.3, 0.4) is 0 Å². The number of thiophene rings is 1. The molecule has 0 unspecified atom stereocenters. The van der Waals surface area contributed by atoms with Gasteiger partial charge in [-0.1, -0.05) is 24.3 Å². The first-order valence-electron chi connectivity index (χ1n) is 9.49. The molecular formula is C24H20N2O3S. The summed E-state index contributed by atoms with van der Waals surface area (Å²) < 4.78 is 5.44. The van der Waals surface area contributed by atoms with Gasteiger partial charge in [0.15, 0.2) is 0 Å². The van der Waals surface area contributed by atoms with Crippen molar-refractivity contribution in [2.45, 2.75) is 13.1 Å². The Morgan fingerprint density at radius 3 is 2.30 bits per heavy atom. The molecule has 0 aliphatic carbocycles. The first kappa shape index (κ1) is 19.7. The van der Waals surface area contributed by atoms with Crippen molar-refractivity contribution in [1.29, 1.82) is 0 Å². The van der Waals surface area contributed by atoms with Crippen molar-refractivity contribution in [1.82, 2.24) is 4.90 Å². The van der Waals surface area contributed by atoms with Gasteiger partial charge in [0.05, 0.1) is 19.4 Å². The van der Waals surface area contributed by atoms with Crippen molar-refractivity contribution >= 4 is 28.8 Å². The highest BCUT2D eigenvalue weighted by molar-refractivity contribution is 7.09. The maximum absolute atomic E-state index is 13.2. The first-order valence-corrected chi connectivity index (χ1v) is 10.4. The predicted molar refractivity (Wildman–Crippen MR) is 117 cm³/mol. The van der Waals surface area contributed by atoms with Gasteiger partial charge in [-0.2, -0.15) is 0 Å². The molecule has 0 fully saturated rings. The van der Waals surface area contributed by atoms with Gasteiger partial charge >= 0.3 is 0 Å². The van der Waals surface area contributed by atoms with Gasteiger partial charge < -0.3 is 14.6 Å². The van der Waals surface area contributed by atoms with E-state index in [0.29, 0.717) is 29.9 Å². The summed E-state index contributed by atoms with van der Waals surface area (Å²) in [5, 5.41) is 4.84. The van der Waals surface area contributed by atoms with Crippen LogP contribution in [-0.4, -0.2) is 16.7 Å². The number of hydrogen-bond acceptors (Lipinski definition) is 4. The molecular weight excluding hydrogens is 396 g/mol. The summed E-state index contributed by atoms with van der Waals surface area (Å²) in [7, 11) is 0. The van der Waals surface area contributed by atoms with Crippen molar-refractivity contribution in [2.24, 2.45) is 0 Å². The lowest BCUT2D eigenvalue weighted by molar-refractivity contribution is 0.0719. The van der Waals surface area contributed by atoms with Crippen LogP contribution in [0.15, 0.2) is 94.9 Å². The molecule has 1 N–H and O–H groups in total. The summed E-state index contributed by atoms with van der Waals surface area (Å²) in [6, 6.07) is 23.6. The van der Waals surface area contributed by atoms with E-state index >= 15 is 0 Å². The van der Waals surface area contributed by atoms with Crippen LogP contribution in [0.5, 0.6) is 0 Å². The maximum Gasteiger partial charge on any atom is 0.255 e. The third-order valence-electron chi connectivity index (χ3n) is 4.57. The lowest BCUT2D eigenvalue weighted by Gasteiger charge is -2.21. The lowest BCUT2D eigenvalue weighted by Crippen LogP contribution is -2.29. The van der Waals surface area contributed by atoms with Crippen molar-refractivity contribution in [2.75, 3.05) is 5.32 Å². The molecule has 0 saturated heterocycles. The number of carbonyl (C=O) groups is 2. The molecule has 0 spiro atoms. The second-order valence-corrected chi connectivity index (χ2v) is 7.75. The molecule has 0 aliphatic heterocycles. The first-order chi connectivity index (χ1) is 14.7. The average Bonchev–Trinajstić information content (AvgIpc) is 3.48. The van der Waals surface area contributed by atoms with E-state index in [2.05, 4.69) is 5.32 Å². The average molecular weight is 417 g/mol. The number of amides is 2. The van der Waals surface area contributed by atoms with Crippen LogP contribution in [0.1, 0.15) is 31.4 Å². The quantitative estimate of drug-likeness (QED) is 0.437. The van der Waals surface area contributed by atoms with Gasteiger partial charge in [-0.15, -0.1) is 11.3 Å². The van der Waals surface area contributed by atoms with Gasteiger partial charge in [0.1, 0.15) is 5.76 Å². The minimum atomic E-state index is -0.188. The Hall–Kier alpha value is -3.64. The third kappa shape index (κ3) is 4.85. The molecule has 2 amide bonds. The zero-order chi connectivity index (χ0) is 20.8. The summed E-state index contributed by atoms with van der Waals surface area (Å²) in [6.45, 7) is 0.889. The monoisotopic (exact) mass is 416 g/mol. The Labute approximate surface area is 178 Å². The molecule has 2 aromatic carbocycles. The van der Waals surface area contributed by atoms with E-state index in [-0.39, 0.29) is 11.8 Å². The smallest absolute Gasteiger partial charge is 0.255 e. The molecule has 0 atom stereocenters. The molecule has 4 rings (SSSR count). The maximum atomic E-state index is 13.2. The molecule has 5 nitrogen and oxygen atoms in total. The molecule has 4 aromatic rings. The van der Waals surface area contributed by atoms with E-state index in [9.17, 15) is 9.59 Å². The Kier molecular flexibility index (Phi) is 6.06. The highest BCUT2D eigenvalue weighted by atomic mass is 32.1. The van der Waals surface area contributed by atoms with Crippen LogP contribution in [0.4, 0.5) is 5.69 Å². The Balaban J connectivity index is 1.48. The number of anilines is 1. The van der Waals surface area contributed by atoms with Crippen LogP contribution in [0.25, 0.3) is 0 Å². The minimum absolute atomic E-state index is 0.0965. The van der Waals surface area contributed by atoms with E-state index in [1.807, 2.05) is 47.8 Å². The van der Waals surface area contributed by atoms with Crippen LogP contribution in [0.2, 0.25) is 0 Å². The number of nitrogens with zero attached hydrogens (tertiary/aromatic N) is 1. The molecule has 2 heterocycles. The van der Waals surface area contributed by atoms with Crippen LogP contribution >= 0.6 is 11.3 Å². The van der Waals surface area contributed by atoms with Gasteiger partial charge in [-0.05, 0) is 60.0 Å². The number of carbonyl (C=O) groups excluding carboxylic acids is 2. The normalized spacial score (nSPS) is 10.5. The van der Waals surface area contributed by atoms with Crippen molar-refractivity contribution in [3.05, 3.63) is 112 Å². The summed E-state index contributed by atoms with van der Waals surface area (Å²) in [5.74, 6) is 0.444. The van der Waals surface area contributed by atoms with Gasteiger partial charge in [0, 0.05) is 21.7 Å². The van der Waals surface area contributed by atoms with Crippen LogP contribution < -0.4 is 5.32 Å². The molecule has 0 radical (unpaired) electrons. The fourth-order valence-corrected chi connectivity index (χ4v) is 3.77. The molecule has 0 aliphatic rings. The lowest BCUT2D eigenvalue weighted by atomic mass is 10.1. The number of rotatable bonds is 7. The topological polar surface area (TPSA) is 62.6 Å². The fraction of sp³-hybridized carbons (Fsp3) is 0.0833. The van der Waals surface area contributed by atoms with Gasteiger partial charge in [0.2, 0.25) is 0 Å². The second kappa shape index (κ2) is 9.24. The SMILES string of the molecule is O=C(Nc1ccc(C(=O)N(Cc2ccco2)Cc2cccs2)cc1)c1ccccc1. The zero-order valence-corrected chi connectivity index (χ0v) is 17.0. The number of hydrogen-bond donors (Lipinski definition) is 1. The number of benzene rings is 2. The van der Waals surface area contributed by atoms with E-state index in [1.165, 1.54) is 0 Å². The third-order valence-corrected chi connectivity index (χ3v) is 5.43. The van der Waals surface area contributed by atoms with Crippen molar-refractivity contribution < 1.29 is 14.0 Å². The summed E-state index contributed by atoms with van der Waals surface area (Å²) in [6.07, 6.45) is 1.60. The number of nitrogens with one attached hydrogen (secondary N) is 1.